The van der Waals surface area contributed by atoms with Crippen LogP contribution in [-0.2, 0) is 16.6 Å². The lowest BCUT2D eigenvalue weighted by atomic mass is 10.2. The maximum Gasteiger partial charge on any atom is 0.243 e. The van der Waals surface area contributed by atoms with Crippen LogP contribution in [0.1, 0.15) is 5.56 Å². The third-order valence-corrected chi connectivity index (χ3v) is 4.81. The third kappa shape index (κ3) is 3.56. The smallest absolute Gasteiger partial charge is 0.243 e. The fraction of sp³-hybridized carbons (Fsp3) is 0.214. The van der Waals surface area contributed by atoms with Crippen molar-refractivity contribution in [2.24, 2.45) is 0 Å². The Hall–Kier alpha value is -1.99. The molecule has 0 amide bonds. The first-order valence-electron chi connectivity index (χ1n) is 6.28. The molecule has 7 heteroatoms. The van der Waals surface area contributed by atoms with Gasteiger partial charge in [0, 0.05) is 32.9 Å². The summed E-state index contributed by atoms with van der Waals surface area (Å²) >= 11 is 0. The van der Waals surface area contributed by atoms with E-state index in [9.17, 15) is 12.8 Å². The Morgan fingerprint density at radius 2 is 1.90 bits per heavy atom. The Kier molecular flexibility index (Phi) is 4.54. The largest absolute Gasteiger partial charge is 0.373 e. The van der Waals surface area contributed by atoms with Crippen LogP contribution in [0, 0.1) is 5.82 Å². The molecule has 0 unspecified atom stereocenters. The highest BCUT2D eigenvalue weighted by Gasteiger charge is 2.21. The van der Waals surface area contributed by atoms with Crippen molar-refractivity contribution >= 4 is 15.8 Å². The minimum atomic E-state index is -3.62. The summed E-state index contributed by atoms with van der Waals surface area (Å²) in [5.41, 5.74) is 0.713. The monoisotopic (exact) mass is 309 g/mol. The minimum Gasteiger partial charge on any atom is -0.373 e. The molecule has 1 heterocycles. The molecular weight excluding hydrogens is 293 g/mol. The normalized spacial score (nSPS) is 11.6. The van der Waals surface area contributed by atoms with E-state index in [4.69, 9.17) is 0 Å². The molecule has 0 atom stereocenters. The number of halogens is 1. The zero-order valence-corrected chi connectivity index (χ0v) is 12.6. The van der Waals surface area contributed by atoms with Gasteiger partial charge in [0.05, 0.1) is 4.90 Å². The van der Waals surface area contributed by atoms with Gasteiger partial charge in [0.15, 0.2) is 0 Å². The first-order chi connectivity index (χ1) is 9.93. The van der Waals surface area contributed by atoms with Gasteiger partial charge in [-0.05, 0) is 23.8 Å². The zero-order chi connectivity index (χ0) is 15.5. The summed E-state index contributed by atoms with van der Waals surface area (Å²) in [5.74, 6) is 0.128. The number of aromatic nitrogens is 1. The number of rotatable bonds is 5. The van der Waals surface area contributed by atoms with Crippen molar-refractivity contribution in [2.45, 2.75) is 11.4 Å². The van der Waals surface area contributed by atoms with Crippen molar-refractivity contribution in [3.8, 4) is 0 Å². The molecule has 0 aliphatic rings. The standard InChI is InChI=1S/C14H16FN3O2S/c1-16-14-9-13(7-8-17-14)21(19,20)18(2)10-11-3-5-12(15)6-4-11/h3-9H,10H2,1-2H3,(H,16,17). The predicted octanol–water partition coefficient (Wildman–Crippen LogP) is 2.08. The van der Waals surface area contributed by atoms with E-state index in [1.54, 1.807) is 19.2 Å². The zero-order valence-electron chi connectivity index (χ0n) is 11.7. The van der Waals surface area contributed by atoms with Gasteiger partial charge in [-0.15, -0.1) is 0 Å². The van der Waals surface area contributed by atoms with Crippen LogP contribution in [0.5, 0.6) is 0 Å². The molecule has 21 heavy (non-hydrogen) atoms. The lowest BCUT2D eigenvalue weighted by Gasteiger charge is -2.17. The van der Waals surface area contributed by atoms with E-state index < -0.39 is 10.0 Å². The number of hydrogen-bond acceptors (Lipinski definition) is 4. The van der Waals surface area contributed by atoms with E-state index in [0.29, 0.717) is 11.4 Å². The molecule has 2 rings (SSSR count). The number of pyridine rings is 1. The molecule has 0 bridgehead atoms. The maximum atomic E-state index is 12.9. The Morgan fingerprint density at radius 1 is 1.24 bits per heavy atom. The molecule has 0 aliphatic heterocycles. The molecule has 0 saturated carbocycles. The minimum absolute atomic E-state index is 0.159. The summed E-state index contributed by atoms with van der Waals surface area (Å²) in [4.78, 5) is 4.15. The van der Waals surface area contributed by atoms with Crippen molar-refractivity contribution in [1.29, 1.82) is 0 Å². The molecule has 0 radical (unpaired) electrons. The quantitative estimate of drug-likeness (QED) is 0.918. The second-order valence-electron chi connectivity index (χ2n) is 4.51. The van der Waals surface area contributed by atoms with Crippen LogP contribution < -0.4 is 5.32 Å². The van der Waals surface area contributed by atoms with E-state index in [-0.39, 0.29) is 17.3 Å². The Labute approximate surface area is 123 Å². The summed E-state index contributed by atoms with van der Waals surface area (Å²) in [5, 5.41) is 2.80. The Bertz CT molecular complexity index is 717. The van der Waals surface area contributed by atoms with Crippen molar-refractivity contribution in [1.82, 2.24) is 9.29 Å². The van der Waals surface area contributed by atoms with E-state index >= 15 is 0 Å². The topological polar surface area (TPSA) is 62.3 Å². The van der Waals surface area contributed by atoms with Crippen LogP contribution in [0.4, 0.5) is 10.2 Å². The van der Waals surface area contributed by atoms with Crippen molar-refractivity contribution in [2.75, 3.05) is 19.4 Å². The van der Waals surface area contributed by atoms with E-state index in [1.165, 1.54) is 41.8 Å². The first-order valence-corrected chi connectivity index (χ1v) is 7.72. The average molecular weight is 309 g/mol. The number of nitrogens with zero attached hydrogens (tertiary/aromatic N) is 2. The highest BCUT2D eigenvalue weighted by molar-refractivity contribution is 7.89. The number of hydrogen-bond donors (Lipinski definition) is 1. The van der Waals surface area contributed by atoms with Crippen LogP contribution in [-0.4, -0.2) is 31.8 Å². The Balaban J connectivity index is 2.23. The predicted molar refractivity (Wildman–Crippen MR) is 78.8 cm³/mol. The second-order valence-corrected chi connectivity index (χ2v) is 6.56. The molecule has 0 saturated heterocycles. The highest BCUT2D eigenvalue weighted by atomic mass is 32.2. The fourth-order valence-corrected chi connectivity index (χ4v) is 2.99. The summed E-state index contributed by atoms with van der Waals surface area (Å²) in [7, 11) is -0.468. The van der Waals surface area contributed by atoms with Gasteiger partial charge < -0.3 is 5.32 Å². The summed E-state index contributed by atoms with van der Waals surface area (Å²) in [6, 6.07) is 8.65. The van der Waals surface area contributed by atoms with Gasteiger partial charge in [-0.25, -0.2) is 17.8 Å². The molecular formula is C14H16FN3O2S. The number of benzene rings is 1. The Morgan fingerprint density at radius 3 is 2.52 bits per heavy atom. The highest BCUT2D eigenvalue weighted by Crippen LogP contribution is 2.18. The van der Waals surface area contributed by atoms with Gasteiger partial charge in [-0.3, -0.25) is 0 Å². The number of sulfonamides is 1. The van der Waals surface area contributed by atoms with Crippen LogP contribution in [0.3, 0.4) is 0 Å². The SMILES string of the molecule is CNc1cc(S(=O)(=O)N(C)Cc2ccc(F)cc2)ccn1. The van der Waals surface area contributed by atoms with E-state index in [1.807, 2.05) is 0 Å². The first kappa shape index (κ1) is 15.4. The molecule has 0 fully saturated rings. The molecule has 1 N–H and O–H groups in total. The van der Waals surface area contributed by atoms with Gasteiger partial charge in [-0.1, -0.05) is 12.1 Å². The molecule has 5 nitrogen and oxygen atoms in total. The molecule has 112 valence electrons. The van der Waals surface area contributed by atoms with Crippen molar-refractivity contribution < 1.29 is 12.8 Å². The van der Waals surface area contributed by atoms with Crippen LogP contribution in [0.2, 0.25) is 0 Å². The number of nitrogens with one attached hydrogen (secondary N) is 1. The second kappa shape index (κ2) is 6.19. The lowest BCUT2D eigenvalue weighted by Crippen LogP contribution is -2.26. The average Bonchev–Trinajstić information content (AvgIpc) is 2.49. The molecule has 1 aromatic heterocycles. The van der Waals surface area contributed by atoms with Crippen molar-refractivity contribution in [3.05, 3.63) is 54.0 Å². The van der Waals surface area contributed by atoms with Gasteiger partial charge in [0.2, 0.25) is 10.0 Å². The lowest BCUT2D eigenvalue weighted by molar-refractivity contribution is 0.466. The molecule has 2 aromatic rings. The van der Waals surface area contributed by atoms with Crippen LogP contribution >= 0.6 is 0 Å². The van der Waals surface area contributed by atoms with Gasteiger partial charge in [0.1, 0.15) is 11.6 Å². The number of anilines is 1. The van der Waals surface area contributed by atoms with Crippen LogP contribution in [0.25, 0.3) is 0 Å². The maximum absolute atomic E-state index is 12.9. The van der Waals surface area contributed by atoms with E-state index in [0.717, 1.165) is 0 Å². The summed E-state index contributed by atoms with van der Waals surface area (Å²) in [6.07, 6.45) is 1.43. The summed E-state index contributed by atoms with van der Waals surface area (Å²) in [6.45, 7) is 0.166. The molecule has 1 aromatic carbocycles. The van der Waals surface area contributed by atoms with Crippen molar-refractivity contribution in [3.63, 3.8) is 0 Å². The molecule has 0 spiro atoms. The fourth-order valence-electron chi connectivity index (χ4n) is 1.82. The third-order valence-electron chi connectivity index (χ3n) is 3.01. The van der Waals surface area contributed by atoms with Gasteiger partial charge in [0.25, 0.3) is 0 Å². The van der Waals surface area contributed by atoms with Gasteiger partial charge in [-0.2, -0.15) is 4.31 Å². The van der Waals surface area contributed by atoms with Gasteiger partial charge >= 0.3 is 0 Å². The molecule has 0 aliphatic carbocycles. The van der Waals surface area contributed by atoms with E-state index in [2.05, 4.69) is 10.3 Å². The summed E-state index contributed by atoms with van der Waals surface area (Å²) < 4.78 is 39.0. The van der Waals surface area contributed by atoms with Crippen LogP contribution in [0.15, 0.2) is 47.5 Å².